The van der Waals surface area contributed by atoms with E-state index in [2.05, 4.69) is 87.7 Å². The fourth-order valence-electron chi connectivity index (χ4n) is 13.0. The molecule has 18 nitrogen and oxygen atoms in total. The lowest BCUT2D eigenvalue weighted by atomic mass is 9.59. The molecule has 18 heteroatoms. The number of methoxy groups -OCH3 is 1. The number of aromatic hydroxyl groups is 1. The van der Waals surface area contributed by atoms with Crippen molar-refractivity contribution in [2.24, 2.45) is 17.9 Å². The number of fused-ring (bicyclic) bond motifs is 6. The number of H-pyrrole nitrogens is 1. The minimum atomic E-state index is -0.343. The summed E-state index contributed by atoms with van der Waals surface area (Å²) in [5, 5.41) is 31.7. The Morgan fingerprint density at radius 2 is 1.72 bits per heavy atom. The molecule has 12 rings (SSSR count). The number of likely N-dealkylation sites (tertiary alicyclic amines) is 2. The number of nitrogens with zero attached hydrogens (tertiary/aromatic N) is 10. The first-order chi connectivity index (χ1) is 35.6. The summed E-state index contributed by atoms with van der Waals surface area (Å²) in [6.45, 7) is 14.5. The molecule has 4 N–H and O–H groups in total. The van der Waals surface area contributed by atoms with Crippen LogP contribution in [-0.2, 0) is 29.6 Å². The number of aryl methyl sites for hydroxylation is 1. The van der Waals surface area contributed by atoms with Gasteiger partial charge in [0.05, 0.1) is 29.7 Å². The predicted octanol–water partition coefficient (Wildman–Crippen LogP) is 7.38. The van der Waals surface area contributed by atoms with Crippen LogP contribution in [0.4, 0.5) is 10.7 Å². The number of aromatic amines is 1. The molecule has 9 heterocycles. The second-order valence-electron chi connectivity index (χ2n) is 23.1. The molecule has 5 fully saturated rings. The van der Waals surface area contributed by atoms with Crippen molar-refractivity contribution in [3.05, 3.63) is 83.3 Å². The summed E-state index contributed by atoms with van der Waals surface area (Å²) in [4.78, 5) is 58.2. The number of hydrogen-bond donors (Lipinski definition) is 4. The fraction of sp³-hybridized carbons (Fsp3) is 0.536. The van der Waals surface area contributed by atoms with Gasteiger partial charge in [0.15, 0.2) is 5.65 Å². The number of benzene rings is 2. The second-order valence-corrected chi connectivity index (χ2v) is 23.1. The third-order valence-electron chi connectivity index (χ3n) is 17.5. The van der Waals surface area contributed by atoms with Crippen LogP contribution in [0.5, 0.6) is 11.6 Å². The van der Waals surface area contributed by atoms with Gasteiger partial charge in [0.2, 0.25) is 24.1 Å². The number of piperidine rings is 1. The van der Waals surface area contributed by atoms with Crippen LogP contribution in [0.2, 0.25) is 0 Å². The fourth-order valence-corrected chi connectivity index (χ4v) is 13.0. The highest BCUT2D eigenvalue weighted by Gasteiger charge is 2.58. The van der Waals surface area contributed by atoms with E-state index in [1.54, 1.807) is 22.8 Å². The number of hydrogen-bond acceptors (Lipinski definition) is 12. The summed E-state index contributed by atoms with van der Waals surface area (Å²) in [5.74, 6) is 1.93. The van der Waals surface area contributed by atoms with Gasteiger partial charge in [-0.05, 0) is 118 Å². The third-order valence-corrected chi connectivity index (χ3v) is 17.5. The number of phenolic OH excluding ortho intramolecular Hbond substituents is 1. The molecule has 4 saturated heterocycles. The number of carbonyl (C=O) groups excluding carboxylic acids is 3. The van der Waals surface area contributed by atoms with Crippen LogP contribution in [0, 0.1) is 10.8 Å². The van der Waals surface area contributed by atoms with E-state index in [4.69, 9.17) is 14.7 Å². The Kier molecular flexibility index (Phi) is 13.0. The van der Waals surface area contributed by atoms with Gasteiger partial charge in [-0.15, -0.1) is 15.3 Å². The summed E-state index contributed by atoms with van der Waals surface area (Å²) >= 11 is 0. The van der Waals surface area contributed by atoms with Crippen LogP contribution in [0.3, 0.4) is 0 Å². The number of anilines is 1. The number of amides is 4. The van der Waals surface area contributed by atoms with Crippen molar-refractivity contribution in [3.63, 3.8) is 0 Å². The van der Waals surface area contributed by atoms with E-state index in [1.165, 1.54) is 55.3 Å². The van der Waals surface area contributed by atoms with Gasteiger partial charge >= 0.3 is 6.03 Å². The molecular weight excluding hydrogens is 935 g/mol. The lowest BCUT2D eigenvalue weighted by Gasteiger charge is -2.62. The van der Waals surface area contributed by atoms with Crippen LogP contribution >= 0.6 is 0 Å². The molecule has 5 atom stereocenters. The average Bonchev–Trinajstić information content (AvgIpc) is 4.14. The minimum Gasteiger partial charge on any atom is -0.507 e. The highest BCUT2D eigenvalue weighted by atomic mass is 16.5. The Bertz CT molecular complexity index is 3050. The van der Waals surface area contributed by atoms with Crippen molar-refractivity contribution in [3.8, 4) is 22.9 Å². The maximum Gasteiger partial charge on any atom is 0.317 e. The molecule has 2 aromatic carbocycles. The van der Waals surface area contributed by atoms with Gasteiger partial charge in [0, 0.05) is 110 Å². The van der Waals surface area contributed by atoms with Crippen LogP contribution in [0.15, 0.2) is 60.9 Å². The monoisotopic (exact) mass is 1010 g/mol. The predicted molar refractivity (Wildman–Crippen MR) is 282 cm³/mol. The second kappa shape index (κ2) is 19.5. The number of rotatable bonds is 10. The Morgan fingerprint density at radius 3 is 2.42 bits per heavy atom. The summed E-state index contributed by atoms with van der Waals surface area (Å²) < 4.78 is 7.03. The van der Waals surface area contributed by atoms with Crippen molar-refractivity contribution in [2.45, 2.75) is 141 Å². The van der Waals surface area contributed by atoms with Gasteiger partial charge in [-0.1, -0.05) is 39.0 Å². The van der Waals surface area contributed by atoms with Crippen LogP contribution < -0.4 is 20.3 Å². The molecule has 390 valence electrons. The summed E-state index contributed by atoms with van der Waals surface area (Å²) in [6, 6.07) is 17.1. The molecule has 6 aromatic rings. The van der Waals surface area contributed by atoms with Crippen LogP contribution in [0.1, 0.15) is 120 Å². The zero-order chi connectivity index (χ0) is 51.6. The molecule has 5 aliphatic heterocycles. The number of phenols is 1. The Labute approximate surface area is 432 Å². The number of carbonyl (C=O) groups is 3. The number of para-hydroxylation sites is 1. The number of aromatic nitrogens is 7. The molecule has 0 radical (unpaired) electrons. The molecule has 1 saturated carbocycles. The van der Waals surface area contributed by atoms with Gasteiger partial charge in [-0.25, -0.2) is 14.8 Å². The molecule has 4 aromatic heterocycles. The van der Waals surface area contributed by atoms with Gasteiger partial charge in [0.25, 0.3) is 0 Å². The first-order valence-electron chi connectivity index (χ1n) is 26.7. The standard InChI is InChI=1S/C40H51N9O2.C16H20N4O3/c1-23-35-31-16-33(30-8-6-7-9-34(30)50)45-46-36(31)44-32(35)12-13-48(23)37-41-19-26(20-42-37)25-14-27-10-11-28(15-25)49(27)29-17-40(18-29)21-47(22-40)38(51)43-24(2)39(3,4)5;1-19-13-6-5-11(8-12(13)16(18-19)23-2)9-17-15(22)14-4-3-7-20(14)10-21/h6-9,16,19-20,23-25,27-29,50H,10-15,17-18,21-22H2,1-5H3,(H,43,51)(H,44,46);5-6,8,10,14H,3-4,7,9H2,1-2H3,(H,17,22). The van der Waals surface area contributed by atoms with E-state index >= 15 is 0 Å². The molecule has 1 spiro atoms. The van der Waals surface area contributed by atoms with Gasteiger partial charge in [-0.2, -0.15) is 0 Å². The van der Waals surface area contributed by atoms with Crippen molar-refractivity contribution >= 4 is 46.2 Å². The maximum atomic E-state index is 12.8. The zero-order valence-corrected chi connectivity index (χ0v) is 43.8. The van der Waals surface area contributed by atoms with E-state index in [9.17, 15) is 19.5 Å². The molecule has 5 unspecified atom stereocenters. The van der Waals surface area contributed by atoms with E-state index in [-0.39, 0.29) is 41.2 Å². The lowest BCUT2D eigenvalue weighted by Crippen LogP contribution is -2.70. The van der Waals surface area contributed by atoms with Gasteiger partial charge in [-0.3, -0.25) is 19.2 Å². The van der Waals surface area contributed by atoms with Gasteiger partial charge in [0.1, 0.15) is 11.8 Å². The topological polar surface area (TPSA) is 203 Å². The first kappa shape index (κ1) is 49.4. The Morgan fingerprint density at radius 1 is 0.973 bits per heavy atom. The number of urea groups is 1. The highest BCUT2D eigenvalue weighted by molar-refractivity contribution is 5.88. The van der Waals surface area contributed by atoms with Gasteiger partial charge < -0.3 is 40.2 Å². The lowest BCUT2D eigenvalue weighted by molar-refractivity contribution is -0.131. The van der Waals surface area contributed by atoms with E-state index in [1.807, 2.05) is 54.4 Å². The molecule has 1 aliphatic carbocycles. The zero-order valence-electron chi connectivity index (χ0n) is 43.8. The quantitative estimate of drug-likeness (QED) is 0.0994. The number of nitrogens with one attached hydrogen (secondary N) is 3. The van der Waals surface area contributed by atoms with E-state index < -0.39 is 0 Å². The summed E-state index contributed by atoms with van der Waals surface area (Å²) in [7, 11) is 3.45. The van der Waals surface area contributed by atoms with E-state index in [0.717, 1.165) is 78.8 Å². The smallest absolute Gasteiger partial charge is 0.317 e. The van der Waals surface area contributed by atoms with Crippen LogP contribution in [0.25, 0.3) is 33.2 Å². The minimum absolute atomic E-state index is 0.0591. The van der Waals surface area contributed by atoms with Crippen molar-refractivity contribution in [1.82, 2.24) is 60.3 Å². The molecule has 2 bridgehead atoms. The van der Waals surface area contributed by atoms with Crippen molar-refractivity contribution in [1.29, 1.82) is 0 Å². The molecular formula is C56H71N13O5. The van der Waals surface area contributed by atoms with E-state index in [0.29, 0.717) is 59.7 Å². The van der Waals surface area contributed by atoms with Crippen molar-refractivity contribution < 1.29 is 24.2 Å². The number of ether oxygens (including phenoxy) is 1. The molecule has 74 heavy (non-hydrogen) atoms. The first-order valence-corrected chi connectivity index (χ1v) is 26.7. The Balaban J connectivity index is 0.000000214. The molecule has 4 amide bonds. The summed E-state index contributed by atoms with van der Waals surface area (Å²) in [6.07, 6.45) is 14.8. The molecule has 6 aliphatic rings. The largest absolute Gasteiger partial charge is 0.507 e. The normalized spacial score (nSPS) is 23.7. The SMILES string of the molecule is CC1c2c([nH]c3nnc(-c4ccccc4O)cc23)CCN1c1ncc(C2CC3CCC(C2)N3C2CC3(C2)CN(C(=O)NC(C)C(C)(C)C)C3)cn1.COc1nn(C)c2ccc(CNC(=O)C3CCCN3C=O)cc12. The summed E-state index contributed by atoms with van der Waals surface area (Å²) in [5.41, 5.74) is 8.09. The van der Waals surface area contributed by atoms with Crippen molar-refractivity contribution in [2.75, 3.05) is 38.2 Å². The highest BCUT2D eigenvalue weighted by Crippen LogP contribution is 2.55. The Hall–Kier alpha value is -6.82. The average molecular weight is 1010 g/mol. The maximum absolute atomic E-state index is 12.8. The third kappa shape index (κ3) is 9.16. The van der Waals surface area contributed by atoms with Crippen LogP contribution in [-0.4, -0.2) is 137 Å².